The summed E-state index contributed by atoms with van der Waals surface area (Å²) in [6.45, 7) is 22.2. The second kappa shape index (κ2) is 19.4. The van der Waals surface area contributed by atoms with E-state index < -0.39 is 0 Å². The SMILES string of the molecule is C=CCCN(CCC)NC(=O)Nc1cccc(-c2[nH]ncc2C)c1C=O.CCN(CCNCc1ccccc1C)C(C)C. The Morgan fingerprint density at radius 1 is 1.05 bits per heavy atom. The number of benzene rings is 2. The van der Waals surface area contributed by atoms with Gasteiger partial charge in [-0.2, -0.15) is 5.10 Å². The molecule has 0 aliphatic heterocycles. The van der Waals surface area contributed by atoms with Gasteiger partial charge < -0.3 is 10.6 Å². The molecular formula is C34H51N7O2. The minimum atomic E-state index is -0.385. The van der Waals surface area contributed by atoms with E-state index in [-0.39, 0.29) is 6.03 Å². The third-order valence-corrected chi connectivity index (χ3v) is 7.22. The summed E-state index contributed by atoms with van der Waals surface area (Å²) in [7, 11) is 0. The number of hydrogen-bond donors (Lipinski definition) is 4. The molecule has 0 aliphatic carbocycles. The Morgan fingerprint density at radius 2 is 1.81 bits per heavy atom. The lowest BCUT2D eigenvalue weighted by molar-refractivity contribution is 0.112. The van der Waals surface area contributed by atoms with Crippen LogP contribution < -0.4 is 16.1 Å². The van der Waals surface area contributed by atoms with Crippen molar-refractivity contribution in [3.05, 3.63) is 83.6 Å². The number of likely N-dealkylation sites (N-methyl/N-ethyl adjacent to an activating group) is 1. The fourth-order valence-corrected chi connectivity index (χ4v) is 4.71. The van der Waals surface area contributed by atoms with Gasteiger partial charge in [-0.25, -0.2) is 9.80 Å². The third-order valence-electron chi connectivity index (χ3n) is 7.22. The minimum Gasteiger partial charge on any atom is -0.311 e. The van der Waals surface area contributed by atoms with E-state index in [1.165, 1.54) is 11.1 Å². The summed E-state index contributed by atoms with van der Waals surface area (Å²) in [6.07, 6.45) is 5.93. The first kappa shape index (κ1) is 35.4. The molecule has 2 amide bonds. The molecule has 2 aromatic carbocycles. The summed E-state index contributed by atoms with van der Waals surface area (Å²) >= 11 is 0. The van der Waals surface area contributed by atoms with E-state index in [2.05, 4.69) is 89.7 Å². The van der Waals surface area contributed by atoms with E-state index >= 15 is 0 Å². The first-order valence-electron chi connectivity index (χ1n) is 15.3. The number of anilines is 1. The minimum absolute atomic E-state index is 0.385. The molecule has 0 saturated carbocycles. The van der Waals surface area contributed by atoms with Gasteiger partial charge in [0.1, 0.15) is 0 Å². The Labute approximate surface area is 258 Å². The molecule has 1 heterocycles. The molecule has 1 aromatic heterocycles. The van der Waals surface area contributed by atoms with Crippen LogP contribution in [0.4, 0.5) is 10.5 Å². The molecule has 0 unspecified atom stereocenters. The number of aromatic nitrogens is 2. The van der Waals surface area contributed by atoms with Crippen molar-refractivity contribution in [1.29, 1.82) is 0 Å². The van der Waals surface area contributed by atoms with Gasteiger partial charge in [0.25, 0.3) is 0 Å². The van der Waals surface area contributed by atoms with Crippen molar-refractivity contribution in [2.24, 2.45) is 0 Å². The number of nitrogens with zero attached hydrogens (tertiary/aromatic N) is 3. The lowest BCUT2D eigenvalue weighted by Crippen LogP contribution is -2.45. The molecule has 43 heavy (non-hydrogen) atoms. The predicted molar refractivity (Wildman–Crippen MR) is 178 cm³/mol. The topological polar surface area (TPSA) is 105 Å². The first-order chi connectivity index (χ1) is 20.7. The van der Waals surface area contributed by atoms with Crippen LogP contribution in [0.1, 0.15) is 67.6 Å². The summed E-state index contributed by atoms with van der Waals surface area (Å²) < 4.78 is 0. The highest BCUT2D eigenvalue weighted by molar-refractivity contribution is 6.00. The standard InChI is InChI=1S/C19H25N5O2.C15H26N2/c1-4-6-11-24(10-5-2)23-19(26)21-17-9-7-8-15(16(17)13-25)18-14(3)12-20-22-18;1-5-17(13(2)3)11-10-16-12-15-9-7-6-8-14(15)4/h4,7-9,12-13H,1,5-6,10-11H2,2-3H3,(H,20,22)(H2,21,23,26);6-9,13,16H,5,10-12H2,1-4H3. The zero-order valence-corrected chi connectivity index (χ0v) is 26.9. The maximum Gasteiger partial charge on any atom is 0.333 e. The number of carbonyl (C=O) groups excluding carboxylic acids is 2. The summed E-state index contributed by atoms with van der Waals surface area (Å²) in [5, 5.41) is 15.0. The van der Waals surface area contributed by atoms with Gasteiger partial charge in [-0.3, -0.25) is 20.2 Å². The Bertz CT molecular complexity index is 1270. The van der Waals surface area contributed by atoms with Gasteiger partial charge >= 0.3 is 6.03 Å². The number of carbonyl (C=O) groups is 2. The summed E-state index contributed by atoms with van der Waals surface area (Å²) in [6, 6.07) is 14.1. The van der Waals surface area contributed by atoms with E-state index in [0.717, 1.165) is 63.1 Å². The van der Waals surface area contributed by atoms with Crippen LogP contribution in [-0.2, 0) is 6.54 Å². The van der Waals surface area contributed by atoms with E-state index in [0.29, 0.717) is 29.4 Å². The molecule has 3 aromatic rings. The molecule has 9 heteroatoms. The highest BCUT2D eigenvalue weighted by Crippen LogP contribution is 2.28. The molecular weight excluding hydrogens is 538 g/mol. The highest BCUT2D eigenvalue weighted by atomic mass is 16.2. The van der Waals surface area contributed by atoms with Gasteiger partial charge in [-0.1, -0.05) is 56.3 Å². The fraction of sp³-hybridized carbons (Fsp3) is 0.441. The van der Waals surface area contributed by atoms with Crippen molar-refractivity contribution in [2.75, 3.05) is 38.0 Å². The van der Waals surface area contributed by atoms with Gasteiger partial charge in [0, 0.05) is 49.9 Å². The Morgan fingerprint density at radius 3 is 2.42 bits per heavy atom. The second-order valence-electron chi connectivity index (χ2n) is 10.8. The van der Waals surface area contributed by atoms with Gasteiger partial charge in [0.05, 0.1) is 17.6 Å². The van der Waals surface area contributed by atoms with Crippen LogP contribution in [0.5, 0.6) is 0 Å². The number of rotatable bonds is 16. The lowest BCUT2D eigenvalue weighted by atomic mass is 10.0. The van der Waals surface area contributed by atoms with Crippen molar-refractivity contribution in [1.82, 2.24) is 30.8 Å². The number of aldehydes is 1. The monoisotopic (exact) mass is 589 g/mol. The zero-order valence-electron chi connectivity index (χ0n) is 26.9. The molecule has 0 spiro atoms. The number of nitrogens with one attached hydrogen (secondary N) is 4. The molecule has 0 fully saturated rings. The van der Waals surface area contributed by atoms with Gasteiger partial charge in [-0.15, -0.1) is 6.58 Å². The van der Waals surface area contributed by atoms with Gasteiger partial charge in [-0.05, 0) is 69.8 Å². The van der Waals surface area contributed by atoms with Gasteiger partial charge in [0.15, 0.2) is 6.29 Å². The quantitative estimate of drug-likeness (QED) is 0.0673. The number of urea groups is 1. The van der Waals surface area contributed by atoms with Crippen LogP contribution in [0.25, 0.3) is 11.3 Å². The van der Waals surface area contributed by atoms with Crippen LogP contribution in [0, 0.1) is 13.8 Å². The van der Waals surface area contributed by atoms with Gasteiger partial charge in [0.2, 0.25) is 0 Å². The summed E-state index contributed by atoms with van der Waals surface area (Å²) in [5.74, 6) is 0. The molecule has 3 rings (SSSR count). The van der Waals surface area contributed by atoms with Crippen LogP contribution in [0.3, 0.4) is 0 Å². The Kier molecular flexibility index (Phi) is 16.0. The smallest absolute Gasteiger partial charge is 0.311 e. The largest absolute Gasteiger partial charge is 0.333 e. The van der Waals surface area contributed by atoms with Crippen molar-refractivity contribution in [3.8, 4) is 11.3 Å². The van der Waals surface area contributed by atoms with E-state index in [4.69, 9.17) is 0 Å². The van der Waals surface area contributed by atoms with Crippen LogP contribution in [0.15, 0.2) is 61.3 Å². The maximum absolute atomic E-state index is 12.4. The van der Waals surface area contributed by atoms with Crippen molar-refractivity contribution >= 4 is 18.0 Å². The molecule has 234 valence electrons. The molecule has 0 atom stereocenters. The highest BCUT2D eigenvalue weighted by Gasteiger charge is 2.15. The van der Waals surface area contributed by atoms with Crippen molar-refractivity contribution in [2.45, 2.75) is 67.0 Å². The number of aryl methyl sites for hydroxylation is 2. The van der Waals surface area contributed by atoms with Crippen molar-refractivity contribution < 1.29 is 9.59 Å². The summed E-state index contributed by atoms with van der Waals surface area (Å²) in [4.78, 5) is 26.5. The van der Waals surface area contributed by atoms with Crippen molar-refractivity contribution in [3.63, 3.8) is 0 Å². The van der Waals surface area contributed by atoms with E-state index in [9.17, 15) is 9.59 Å². The van der Waals surface area contributed by atoms with Crippen LogP contribution in [-0.4, -0.2) is 71.2 Å². The molecule has 9 nitrogen and oxygen atoms in total. The van der Waals surface area contributed by atoms with E-state index in [1.807, 2.05) is 31.0 Å². The number of hydrogen-bond acceptors (Lipinski definition) is 6. The molecule has 0 aliphatic rings. The average molecular weight is 590 g/mol. The summed E-state index contributed by atoms with van der Waals surface area (Å²) in [5.41, 5.74) is 8.83. The number of hydrazine groups is 1. The molecule has 0 radical (unpaired) electrons. The first-order valence-corrected chi connectivity index (χ1v) is 15.3. The normalized spacial score (nSPS) is 10.9. The van der Waals surface area contributed by atoms with Crippen LogP contribution >= 0.6 is 0 Å². The molecule has 0 bridgehead atoms. The Balaban J connectivity index is 0.000000329. The number of aromatic amines is 1. The zero-order chi connectivity index (χ0) is 31.6. The molecule has 4 N–H and O–H groups in total. The number of H-pyrrole nitrogens is 1. The third kappa shape index (κ3) is 11.8. The number of amides is 2. The Hall–Kier alpha value is -3.79. The molecule has 0 saturated heterocycles. The predicted octanol–water partition coefficient (Wildman–Crippen LogP) is 6.34. The average Bonchev–Trinajstić information content (AvgIpc) is 3.42. The second-order valence-corrected chi connectivity index (χ2v) is 10.8. The fourth-order valence-electron chi connectivity index (χ4n) is 4.71. The van der Waals surface area contributed by atoms with Crippen LogP contribution in [0.2, 0.25) is 0 Å². The maximum atomic E-state index is 12.4. The van der Waals surface area contributed by atoms with E-state index in [1.54, 1.807) is 18.3 Å². The lowest BCUT2D eigenvalue weighted by Gasteiger charge is -2.24.